The van der Waals surface area contributed by atoms with Gasteiger partial charge in [-0.15, -0.1) is 0 Å². The van der Waals surface area contributed by atoms with Crippen molar-refractivity contribution in [3.8, 4) is 5.75 Å². The number of rotatable bonds is 3. The molecule has 0 radical (unpaired) electrons. The van der Waals surface area contributed by atoms with Crippen molar-refractivity contribution in [3.05, 3.63) is 28.2 Å². The van der Waals surface area contributed by atoms with E-state index in [1.165, 1.54) is 0 Å². The molecule has 0 aliphatic carbocycles. The molecule has 0 aromatic heterocycles. The Bertz CT molecular complexity index is 265. The number of hydrogen-bond donors (Lipinski definition) is 0. The van der Waals surface area contributed by atoms with Gasteiger partial charge >= 0.3 is 0 Å². The zero-order valence-electron chi connectivity index (χ0n) is 6.19. The Morgan fingerprint density at radius 1 is 1.33 bits per heavy atom. The van der Waals surface area contributed by atoms with Crippen LogP contribution in [0.2, 0.25) is 10.0 Å². The number of alkyl halides is 1. The van der Waals surface area contributed by atoms with Crippen LogP contribution in [0.5, 0.6) is 5.75 Å². The average Bonchev–Trinajstić information content (AvgIpc) is 2.03. The van der Waals surface area contributed by atoms with Crippen molar-refractivity contribution in [1.29, 1.82) is 0 Å². The molecule has 0 saturated heterocycles. The van der Waals surface area contributed by atoms with E-state index in [0.717, 1.165) is 4.43 Å². The molecule has 0 saturated carbocycles. The summed E-state index contributed by atoms with van der Waals surface area (Å²) in [4.78, 5) is 0. The maximum atomic E-state index is 5.85. The van der Waals surface area contributed by atoms with Crippen molar-refractivity contribution in [2.75, 3.05) is 11.0 Å². The molecule has 0 unspecified atom stereocenters. The summed E-state index contributed by atoms with van der Waals surface area (Å²) in [5, 5.41) is 1.19. The zero-order chi connectivity index (χ0) is 8.97. The predicted octanol–water partition coefficient (Wildman–Crippen LogP) is 3.81. The van der Waals surface area contributed by atoms with Gasteiger partial charge in [-0.25, -0.2) is 0 Å². The zero-order valence-corrected chi connectivity index (χ0v) is 9.86. The van der Waals surface area contributed by atoms with E-state index >= 15 is 0 Å². The van der Waals surface area contributed by atoms with Crippen molar-refractivity contribution in [1.82, 2.24) is 0 Å². The lowest BCUT2D eigenvalue weighted by atomic mass is 10.3. The van der Waals surface area contributed by atoms with E-state index in [2.05, 4.69) is 22.6 Å². The van der Waals surface area contributed by atoms with Crippen LogP contribution in [-0.2, 0) is 0 Å². The fourth-order valence-corrected chi connectivity index (χ4v) is 1.42. The van der Waals surface area contributed by atoms with Gasteiger partial charge in [0.25, 0.3) is 0 Å². The van der Waals surface area contributed by atoms with Crippen molar-refractivity contribution in [3.63, 3.8) is 0 Å². The standard InChI is InChI=1S/C8H7Cl2IO/c9-6-1-2-8(7(10)5-6)12-4-3-11/h1-2,5H,3-4H2. The van der Waals surface area contributed by atoms with Gasteiger partial charge in [-0.05, 0) is 18.2 Å². The van der Waals surface area contributed by atoms with Gasteiger partial charge in [0.1, 0.15) is 5.75 Å². The molecule has 0 spiro atoms. The Hall–Kier alpha value is 0.330. The third-order valence-corrected chi connectivity index (χ3v) is 2.20. The molecule has 1 aromatic rings. The van der Waals surface area contributed by atoms with E-state index in [4.69, 9.17) is 27.9 Å². The number of benzene rings is 1. The predicted molar refractivity (Wildman–Crippen MR) is 60.8 cm³/mol. The molecule has 0 atom stereocenters. The van der Waals surface area contributed by atoms with Crippen LogP contribution in [0.3, 0.4) is 0 Å². The van der Waals surface area contributed by atoms with Crippen molar-refractivity contribution in [2.24, 2.45) is 0 Å². The lowest BCUT2D eigenvalue weighted by Crippen LogP contribution is -1.97. The van der Waals surface area contributed by atoms with Crippen molar-refractivity contribution >= 4 is 45.8 Å². The molecule has 0 aliphatic heterocycles. The first-order valence-corrected chi connectivity index (χ1v) is 5.66. The SMILES string of the molecule is Clc1ccc(OCCI)c(Cl)c1. The third-order valence-electron chi connectivity index (χ3n) is 1.23. The van der Waals surface area contributed by atoms with Crippen LogP contribution in [0.25, 0.3) is 0 Å². The summed E-state index contributed by atoms with van der Waals surface area (Å²) in [5.74, 6) is 0.692. The minimum Gasteiger partial charge on any atom is -0.491 e. The van der Waals surface area contributed by atoms with Crippen molar-refractivity contribution in [2.45, 2.75) is 0 Å². The number of ether oxygens (including phenoxy) is 1. The quantitative estimate of drug-likeness (QED) is 0.608. The molecule has 4 heteroatoms. The summed E-state index contributed by atoms with van der Waals surface area (Å²) in [6.07, 6.45) is 0. The fourth-order valence-electron chi connectivity index (χ4n) is 0.741. The van der Waals surface area contributed by atoms with Crippen LogP contribution in [0.4, 0.5) is 0 Å². The minimum absolute atomic E-state index is 0.562. The van der Waals surface area contributed by atoms with Gasteiger partial charge in [-0.3, -0.25) is 0 Å². The highest BCUT2D eigenvalue weighted by Gasteiger charge is 2.00. The Labute approximate surface area is 95.1 Å². The van der Waals surface area contributed by atoms with Gasteiger partial charge in [0.05, 0.1) is 11.6 Å². The van der Waals surface area contributed by atoms with Crippen LogP contribution in [0.1, 0.15) is 0 Å². The smallest absolute Gasteiger partial charge is 0.138 e. The van der Waals surface area contributed by atoms with Gasteiger partial charge < -0.3 is 4.74 Å². The molecule has 0 heterocycles. The van der Waals surface area contributed by atoms with Crippen LogP contribution < -0.4 is 4.74 Å². The first kappa shape index (κ1) is 10.4. The van der Waals surface area contributed by atoms with Gasteiger partial charge in [0.15, 0.2) is 0 Å². The molecule has 1 rings (SSSR count). The van der Waals surface area contributed by atoms with Gasteiger partial charge in [-0.1, -0.05) is 45.8 Å². The average molecular weight is 317 g/mol. The molecule has 0 aliphatic rings. The van der Waals surface area contributed by atoms with E-state index in [0.29, 0.717) is 22.4 Å². The fraction of sp³-hybridized carbons (Fsp3) is 0.250. The van der Waals surface area contributed by atoms with Gasteiger partial charge in [0, 0.05) is 9.45 Å². The molecule has 0 amide bonds. The second-order valence-electron chi connectivity index (χ2n) is 2.11. The third kappa shape index (κ3) is 2.99. The molecule has 66 valence electrons. The summed E-state index contributed by atoms with van der Waals surface area (Å²) < 4.78 is 6.28. The lowest BCUT2D eigenvalue weighted by molar-refractivity contribution is 0.347. The molecule has 1 nitrogen and oxygen atoms in total. The highest BCUT2D eigenvalue weighted by molar-refractivity contribution is 14.1. The van der Waals surface area contributed by atoms with Crippen LogP contribution >= 0.6 is 45.8 Å². The number of hydrogen-bond acceptors (Lipinski definition) is 1. The summed E-state index contributed by atoms with van der Waals surface area (Å²) in [6.45, 7) is 0.669. The topological polar surface area (TPSA) is 9.23 Å². The molecular formula is C8H7Cl2IO. The van der Waals surface area contributed by atoms with E-state index in [9.17, 15) is 0 Å². The molecule has 0 N–H and O–H groups in total. The Morgan fingerprint density at radius 2 is 2.08 bits per heavy atom. The van der Waals surface area contributed by atoms with Crippen LogP contribution in [0.15, 0.2) is 18.2 Å². The highest BCUT2D eigenvalue weighted by Crippen LogP contribution is 2.27. The Morgan fingerprint density at radius 3 is 2.67 bits per heavy atom. The number of halogens is 3. The molecular weight excluding hydrogens is 310 g/mol. The van der Waals surface area contributed by atoms with E-state index in [-0.39, 0.29) is 0 Å². The van der Waals surface area contributed by atoms with Gasteiger partial charge in [0.2, 0.25) is 0 Å². The van der Waals surface area contributed by atoms with Gasteiger partial charge in [-0.2, -0.15) is 0 Å². The monoisotopic (exact) mass is 316 g/mol. The first-order valence-electron chi connectivity index (χ1n) is 3.38. The van der Waals surface area contributed by atoms with E-state index in [1.54, 1.807) is 18.2 Å². The largest absolute Gasteiger partial charge is 0.491 e. The summed E-state index contributed by atoms with van der Waals surface area (Å²) in [5.41, 5.74) is 0. The van der Waals surface area contributed by atoms with E-state index in [1.807, 2.05) is 0 Å². The molecule has 0 bridgehead atoms. The molecule has 12 heavy (non-hydrogen) atoms. The minimum atomic E-state index is 0.562. The lowest BCUT2D eigenvalue weighted by Gasteiger charge is -2.05. The second kappa shape index (κ2) is 5.14. The maximum absolute atomic E-state index is 5.85. The summed E-state index contributed by atoms with van der Waals surface area (Å²) in [6, 6.07) is 5.21. The van der Waals surface area contributed by atoms with E-state index < -0.39 is 0 Å². The summed E-state index contributed by atoms with van der Waals surface area (Å²) >= 11 is 13.8. The molecule has 0 fully saturated rings. The molecule has 1 aromatic carbocycles. The second-order valence-corrected chi connectivity index (χ2v) is 4.03. The van der Waals surface area contributed by atoms with Crippen molar-refractivity contribution < 1.29 is 4.74 Å². The normalized spacial score (nSPS) is 9.92. The first-order chi connectivity index (χ1) is 5.74. The highest BCUT2D eigenvalue weighted by atomic mass is 127. The Kier molecular flexibility index (Phi) is 4.46. The maximum Gasteiger partial charge on any atom is 0.138 e. The van der Waals surface area contributed by atoms with Crippen LogP contribution in [0, 0.1) is 0 Å². The Balaban J connectivity index is 2.72. The summed E-state index contributed by atoms with van der Waals surface area (Å²) in [7, 11) is 0. The van der Waals surface area contributed by atoms with Crippen LogP contribution in [-0.4, -0.2) is 11.0 Å².